The minimum absolute atomic E-state index is 0.146. The number of primary amides is 1. The first kappa shape index (κ1) is 16.2. The number of nitrogens with two attached hydrogens (primary N) is 1. The SMILES string of the molecule is CC1CCc2sc(N=Cc3cc(Br)ccc3O)c(C(N)=O)c2C1. The fraction of sp³-hybridized carbons (Fsp3) is 0.294. The summed E-state index contributed by atoms with van der Waals surface area (Å²) in [4.78, 5) is 17.5. The van der Waals surface area contributed by atoms with Crippen LogP contribution in [0.4, 0.5) is 5.00 Å². The van der Waals surface area contributed by atoms with Gasteiger partial charge in [0.25, 0.3) is 5.91 Å². The highest BCUT2D eigenvalue weighted by molar-refractivity contribution is 9.10. The van der Waals surface area contributed by atoms with Gasteiger partial charge in [0.2, 0.25) is 0 Å². The number of aromatic hydroxyl groups is 1. The van der Waals surface area contributed by atoms with Crippen LogP contribution in [0.5, 0.6) is 5.75 Å². The number of hydrogen-bond donors (Lipinski definition) is 2. The van der Waals surface area contributed by atoms with E-state index >= 15 is 0 Å². The molecule has 0 fully saturated rings. The van der Waals surface area contributed by atoms with Crippen molar-refractivity contribution in [3.63, 3.8) is 0 Å². The third-order valence-electron chi connectivity index (χ3n) is 4.05. The van der Waals surface area contributed by atoms with Gasteiger partial charge in [-0.2, -0.15) is 0 Å². The van der Waals surface area contributed by atoms with Gasteiger partial charge in [0.1, 0.15) is 10.8 Å². The molecule has 6 heteroatoms. The fourth-order valence-electron chi connectivity index (χ4n) is 2.85. The summed E-state index contributed by atoms with van der Waals surface area (Å²) in [6.45, 7) is 2.19. The van der Waals surface area contributed by atoms with Crippen LogP contribution in [-0.4, -0.2) is 17.2 Å². The lowest BCUT2D eigenvalue weighted by atomic mass is 9.87. The van der Waals surface area contributed by atoms with Crippen LogP contribution < -0.4 is 5.73 Å². The largest absolute Gasteiger partial charge is 0.507 e. The van der Waals surface area contributed by atoms with Gasteiger partial charge in [-0.1, -0.05) is 22.9 Å². The maximum atomic E-state index is 11.9. The zero-order valence-electron chi connectivity index (χ0n) is 12.7. The third-order valence-corrected chi connectivity index (χ3v) is 5.74. The monoisotopic (exact) mass is 392 g/mol. The standard InChI is InChI=1S/C17H17BrN2O2S/c1-9-2-5-14-12(6-9)15(16(19)22)17(23-14)20-8-10-7-11(18)3-4-13(10)21/h3-4,7-9,21H,2,5-6H2,1H3,(H2,19,22). The lowest BCUT2D eigenvalue weighted by Crippen LogP contribution is -2.17. The second kappa shape index (κ2) is 6.45. The van der Waals surface area contributed by atoms with Crippen LogP contribution in [-0.2, 0) is 12.8 Å². The van der Waals surface area contributed by atoms with Gasteiger partial charge >= 0.3 is 0 Å². The van der Waals surface area contributed by atoms with Crippen LogP contribution in [0.25, 0.3) is 0 Å². The summed E-state index contributed by atoms with van der Waals surface area (Å²) >= 11 is 4.90. The summed E-state index contributed by atoms with van der Waals surface area (Å²) < 4.78 is 0.853. The van der Waals surface area contributed by atoms with Crippen molar-refractivity contribution in [2.45, 2.75) is 26.2 Å². The summed E-state index contributed by atoms with van der Waals surface area (Å²) in [5.74, 6) is 0.274. The number of amides is 1. The first-order valence-electron chi connectivity index (χ1n) is 7.42. The second-order valence-electron chi connectivity index (χ2n) is 5.86. The van der Waals surface area contributed by atoms with Crippen LogP contribution in [0.2, 0.25) is 0 Å². The Balaban J connectivity index is 2.01. The van der Waals surface area contributed by atoms with E-state index in [9.17, 15) is 9.90 Å². The molecular formula is C17H17BrN2O2S. The molecule has 0 bridgehead atoms. The van der Waals surface area contributed by atoms with Gasteiger partial charge in [0, 0.05) is 21.1 Å². The molecule has 23 heavy (non-hydrogen) atoms. The second-order valence-corrected chi connectivity index (χ2v) is 7.86. The van der Waals surface area contributed by atoms with E-state index in [1.165, 1.54) is 16.2 Å². The molecule has 0 saturated heterocycles. The van der Waals surface area contributed by atoms with Crippen molar-refractivity contribution in [1.82, 2.24) is 0 Å². The van der Waals surface area contributed by atoms with Gasteiger partial charge in [-0.05, 0) is 48.9 Å². The Morgan fingerprint density at radius 2 is 2.30 bits per heavy atom. The van der Waals surface area contributed by atoms with Crippen LogP contribution in [0.1, 0.15) is 39.7 Å². The molecule has 4 nitrogen and oxygen atoms in total. The normalized spacial score (nSPS) is 17.4. The molecule has 1 aliphatic carbocycles. The summed E-state index contributed by atoms with van der Waals surface area (Å²) in [5.41, 5.74) is 7.79. The summed E-state index contributed by atoms with van der Waals surface area (Å²) in [6.07, 6.45) is 4.55. The number of carbonyl (C=O) groups excluding carboxylic acids is 1. The maximum Gasteiger partial charge on any atom is 0.252 e. The highest BCUT2D eigenvalue weighted by atomic mass is 79.9. The molecule has 1 atom stereocenters. The minimum atomic E-state index is -0.429. The lowest BCUT2D eigenvalue weighted by molar-refractivity contribution is 0.1000. The Kier molecular flexibility index (Phi) is 4.55. The molecule has 1 aromatic heterocycles. The van der Waals surface area contributed by atoms with Crippen LogP contribution in [0.15, 0.2) is 27.7 Å². The van der Waals surface area contributed by atoms with Gasteiger partial charge in [-0.25, -0.2) is 4.99 Å². The first-order chi connectivity index (χ1) is 11.0. The predicted octanol–water partition coefficient (Wildman–Crippen LogP) is 4.19. The zero-order chi connectivity index (χ0) is 16.6. The molecule has 1 unspecified atom stereocenters. The summed E-state index contributed by atoms with van der Waals surface area (Å²) in [6, 6.07) is 5.13. The van der Waals surface area contributed by atoms with E-state index in [-0.39, 0.29) is 5.75 Å². The number of fused-ring (bicyclic) bond motifs is 1. The lowest BCUT2D eigenvalue weighted by Gasteiger charge is -2.18. The Morgan fingerprint density at radius 1 is 1.52 bits per heavy atom. The number of rotatable bonds is 3. The molecule has 1 amide bonds. The molecule has 120 valence electrons. The molecular weight excluding hydrogens is 376 g/mol. The quantitative estimate of drug-likeness (QED) is 0.768. The number of benzene rings is 1. The van der Waals surface area contributed by atoms with Crippen molar-refractivity contribution in [2.24, 2.45) is 16.6 Å². The van der Waals surface area contributed by atoms with Gasteiger partial charge in [-0.15, -0.1) is 11.3 Å². The van der Waals surface area contributed by atoms with Crippen molar-refractivity contribution >= 4 is 44.4 Å². The van der Waals surface area contributed by atoms with E-state index in [1.54, 1.807) is 24.4 Å². The molecule has 0 spiro atoms. The van der Waals surface area contributed by atoms with Gasteiger partial charge < -0.3 is 10.8 Å². The number of nitrogens with zero attached hydrogens (tertiary/aromatic N) is 1. The average molecular weight is 393 g/mol. The number of phenolic OH excluding ortho intramolecular Hbond substituents is 1. The van der Waals surface area contributed by atoms with Gasteiger partial charge in [-0.3, -0.25) is 4.79 Å². The molecule has 1 aromatic carbocycles. The van der Waals surface area contributed by atoms with E-state index < -0.39 is 5.91 Å². The average Bonchev–Trinajstić information content (AvgIpc) is 2.85. The Bertz CT molecular complexity index is 798. The van der Waals surface area contributed by atoms with Gasteiger partial charge in [0.05, 0.1) is 5.56 Å². The molecule has 0 aliphatic heterocycles. The van der Waals surface area contributed by atoms with Crippen LogP contribution in [0.3, 0.4) is 0 Å². The maximum absolute atomic E-state index is 11.9. The molecule has 1 heterocycles. The van der Waals surface area contributed by atoms with Crippen LogP contribution in [0, 0.1) is 5.92 Å². The van der Waals surface area contributed by atoms with Crippen molar-refractivity contribution < 1.29 is 9.90 Å². The van der Waals surface area contributed by atoms with Crippen LogP contribution >= 0.6 is 27.3 Å². The van der Waals surface area contributed by atoms with E-state index in [1.807, 2.05) is 0 Å². The van der Waals surface area contributed by atoms with E-state index in [4.69, 9.17) is 5.73 Å². The highest BCUT2D eigenvalue weighted by Crippen LogP contribution is 2.41. The Morgan fingerprint density at radius 3 is 3.04 bits per heavy atom. The molecule has 1 aliphatic rings. The fourth-order valence-corrected chi connectivity index (χ4v) is 4.42. The Labute approximate surface area is 147 Å². The predicted molar refractivity (Wildman–Crippen MR) is 97.1 cm³/mol. The van der Waals surface area contributed by atoms with E-state index in [2.05, 4.69) is 27.8 Å². The van der Waals surface area contributed by atoms with E-state index in [0.29, 0.717) is 22.0 Å². The van der Waals surface area contributed by atoms with E-state index in [0.717, 1.165) is 29.3 Å². The topological polar surface area (TPSA) is 75.7 Å². The molecule has 3 rings (SSSR count). The summed E-state index contributed by atoms with van der Waals surface area (Å²) in [7, 11) is 0. The Hall–Kier alpha value is -1.66. The number of thiophene rings is 1. The first-order valence-corrected chi connectivity index (χ1v) is 9.03. The van der Waals surface area contributed by atoms with Crippen molar-refractivity contribution in [3.8, 4) is 5.75 Å². The van der Waals surface area contributed by atoms with Crippen molar-refractivity contribution in [1.29, 1.82) is 0 Å². The molecule has 0 radical (unpaired) electrons. The smallest absolute Gasteiger partial charge is 0.252 e. The van der Waals surface area contributed by atoms with Crippen molar-refractivity contribution in [2.75, 3.05) is 0 Å². The molecule has 2 aromatic rings. The number of carbonyl (C=O) groups is 1. The van der Waals surface area contributed by atoms with Gasteiger partial charge in [0.15, 0.2) is 0 Å². The molecule has 3 N–H and O–H groups in total. The number of hydrogen-bond acceptors (Lipinski definition) is 4. The number of aryl methyl sites for hydroxylation is 1. The zero-order valence-corrected chi connectivity index (χ0v) is 15.1. The number of halogens is 1. The molecule has 0 saturated carbocycles. The highest BCUT2D eigenvalue weighted by Gasteiger charge is 2.26. The number of phenols is 1. The number of aliphatic imine (C=N–C) groups is 1. The summed E-state index contributed by atoms with van der Waals surface area (Å²) in [5, 5.41) is 10.5. The minimum Gasteiger partial charge on any atom is -0.507 e. The van der Waals surface area contributed by atoms with Crippen molar-refractivity contribution in [3.05, 3.63) is 44.2 Å². The third kappa shape index (κ3) is 3.33.